The lowest BCUT2D eigenvalue weighted by Gasteiger charge is -2.37. The number of carbonyl (C=O) groups excluding carboxylic acids is 2. The Bertz CT molecular complexity index is 290. The van der Waals surface area contributed by atoms with Gasteiger partial charge in [0.1, 0.15) is 11.9 Å². The van der Waals surface area contributed by atoms with Gasteiger partial charge in [0.15, 0.2) is 0 Å². The van der Waals surface area contributed by atoms with Crippen LogP contribution in [0.4, 0.5) is 4.79 Å². The number of rotatable bonds is 3. The molecule has 4 nitrogen and oxygen atoms in total. The summed E-state index contributed by atoms with van der Waals surface area (Å²) in [5, 5.41) is 0. The standard InChI is InChI=1S/C14H25NO3/c1-11(10-16)15(12-8-6-5-7-9-12)13(17)18-14(2,3)4/h10-12H,5-9H2,1-4H3. The molecule has 0 aromatic heterocycles. The summed E-state index contributed by atoms with van der Waals surface area (Å²) in [6.45, 7) is 7.28. The molecule has 0 radical (unpaired) electrons. The second-order valence-corrected chi connectivity index (χ2v) is 6.06. The highest BCUT2D eigenvalue weighted by Crippen LogP contribution is 2.25. The molecule has 18 heavy (non-hydrogen) atoms. The lowest BCUT2D eigenvalue weighted by atomic mass is 9.93. The summed E-state index contributed by atoms with van der Waals surface area (Å²) in [5.74, 6) is 0. The van der Waals surface area contributed by atoms with Crippen LogP contribution in [0.2, 0.25) is 0 Å². The second kappa shape index (κ2) is 6.21. The van der Waals surface area contributed by atoms with Crippen LogP contribution in [-0.4, -0.2) is 35.0 Å². The van der Waals surface area contributed by atoms with E-state index in [0.717, 1.165) is 32.0 Å². The molecule has 1 fully saturated rings. The zero-order chi connectivity index (χ0) is 13.8. The van der Waals surface area contributed by atoms with Gasteiger partial charge in [0.25, 0.3) is 0 Å². The lowest BCUT2D eigenvalue weighted by Crippen LogP contribution is -2.49. The fourth-order valence-electron chi connectivity index (χ4n) is 2.39. The highest BCUT2D eigenvalue weighted by molar-refractivity contribution is 5.74. The molecule has 0 aromatic rings. The molecule has 1 atom stereocenters. The third kappa shape index (κ3) is 4.31. The Morgan fingerprint density at radius 1 is 1.28 bits per heavy atom. The summed E-state index contributed by atoms with van der Waals surface area (Å²) >= 11 is 0. The zero-order valence-electron chi connectivity index (χ0n) is 11.9. The van der Waals surface area contributed by atoms with Crippen molar-refractivity contribution in [2.75, 3.05) is 0 Å². The highest BCUT2D eigenvalue weighted by Gasteiger charge is 2.32. The number of amides is 1. The van der Waals surface area contributed by atoms with E-state index < -0.39 is 11.6 Å². The monoisotopic (exact) mass is 255 g/mol. The maximum atomic E-state index is 12.2. The lowest BCUT2D eigenvalue weighted by molar-refractivity contribution is -0.113. The van der Waals surface area contributed by atoms with E-state index in [4.69, 9.17) is 4.74 Å². The van der Waals surface area contributed by atoms with Crippen LogP contribution in [-0.2, 0) is 9.53 Å². The van der Waals surface area contributed by atoms with Crippen LogP contribution in [0.25, 0.3) is 0 Å². The first-order valence-corrected chi connectivity index (χ1v) is 6.82. The summed E-state index contributed by atoms with van der Waals surface area (Å²) < 4.78 is 5.40. The molecule has 0 N–H and O–H groups in total. The van der Waals surface area contributed by atoms with Crippen molar-refractivity contribution in [3.05, 3.63) is 0 Å². The van der Waals surface area contributed by atoms with Gasteiger partial charge in [0.2, 0.25) is 0 Å². The molecule has 1 unspecified atom stereocenters. The summed E-state index contributed by atoms with van der Waals surface area (Å²) in [7, 11) is 0. The first-order chi connectivity index (χ1) is 8.35. The molecular weight excluding hydrogens is 230 g/mol. The first kappa shape index (κ1) is 15.0. The molecule has 1 aliphatic rings. The number of aldehydes is 1. The molecular formula is C14H25NO3. The number of hydrogen-bond donors (Lipinski definition) is 0. The second-order valence-electron chi connectivity index (χ2n) is 6.06. The van der Waals surface area contributed by atoms with Gasteiger partial charge in [0.05, 0.1) is 6.04 Å². The molecule has 0 aliphatic heterocycles. The average Bonchev–Trinajstić information content (AvgIpc) is 2.28. The number of nitrogens with zero attached hydrogens (tertiary/aromatic N) is 1. The third-order valence-electron chi connectivity index (χ3n) is 3.21. The van der Waals surface area contributed by atoms with Crippen LogP contribution >= 0.6 is 0 Å². The molecule has 1 rings (SSSR count). The van der Waals surface area contributed by atoms with Crippen molar-refractivity contribution in [2.24, 2.45) is 0 Å². The van der Waals surface area contributed by atoms with Crippen molar-refractivity contribution in [1.29, 1.82) is 0 Å². The van der Waals surface area contributed by atoms with Crippen LogP contribution < -0.4 is 0 Å². The van der Waals surface area contributed by atoms with Gasteiger partial charge in [0, 0.05) is 6.04 Å². The summed E-state index contributed by atoms with van der Waals surface area (Å²) in [6.07, 6.45) is 5.85. The normalized spacial score (nSPS) is 19.1. The molecule has 0 heterocycles. The molecule has 104 valence electrons. The summed E-state index contributed by atoms with van der Waals surface area (Å²) in [4.78, 5) is 24.8. The fourth-order valence-corrected chi connectivity index (χ4v) is 2.39. The van der Waals surface area contributed by atoms with Crippen molar-refractivity contribution in [3.63, 3.8) is 0 Å². The van der Waals surface area contributed by atoms with Gasteiger partial charge in [-0.2, -0.15) is 0 Å². The zero-order valence-corrected chi connectivity index (χ0v) is 11.9. The van der Waals surface area contributed by atoms with E-state index >= 15 is 0 Å². The van der Waals surface area contributed by atoms with E-state index in [1.165, 1.54) is 6.42 Å². The maximum absolute atomic E-state index is 12.2. The van der Waals surface area contributed by atoms with Gasteiger partial charge in [-0.25, -0.2) is 4.79 Å². The Kier molecular flexibility index (Phi) is 5.17. The SMILES string of the molecule is CC(C=O)N(C(=O)OC(C)(C)C)C1CCCCC1. The van der Waals surface area contributed by atoms with E-state index in [9.17, 15) is 9.59 Å². The molecule has 0 aromatic carbocycles. The van der Waals surface area contributed by atoms with Gasteiger partial charge >= 0.3 is 6.09 Å². The van der Waals surface area contributed by atoms with Crippen LogP contribution in [0, 0.1) is 0 Å². The highest BCUT2D eigenvalue weighted by atomic mass is 16.6. The van der Waals surface area contributed by atoms with Gasteiger partial charge in [-0.05, 0) is 40.5 Å². The van der Waals surface area contributed by atoms with Gasteiger partial charge in [-0.1, -0.05) is 19.3 Å². The van der Waals surface area contributed by atoms with E-state index in [0.29, 0.717) is 0 Å². The minimum absolute atomic E-state index is 0.147. The molecule has 0 saturated heterocycles. The number of ether oxygens (including phenoxy) is 1. The Morgan fingerprint density at radius 3 is 2.28 bits per heavy atom. The Balaban J connectivity index is 2.76. The van der Waals surface area contributed by atoms with E-state index in [-0.39, 0.29) is 12.1 Å². The Hall–Kier alpha value is -1.06. The number of carbonyl (C=O) groups is 2. The van der Waals surface area contributed by atoms with Crippen LogP contribution in [0.5, 0.6) is 0 Å². The molecule has 0 bridgehead atoms. The minimum atomic E-state index is -0.521. The van der Waals surface area contributed by atoms with Crippen molar-refractivity contribution >= 4 is 12.4 Å². The van der Waals surface area contributed by atoms with Crippen molar-refractivity contribution in [1.82, 2.24) is 4.90 Å². The minimum Gasteiger partial charge on any atom is -0.444 e. The van der Waals surface area contributed by atoms with E-state index in [2.05, 4.69) is 0 Å². The van der Waals surface area contributed by atoms with Gasteiger partial charge < -0.3 is 9.53 Å². The average molecular weight is 255 g/mol. The largest absolute Gasteiger partial charge is 0.444 e. The third-order valence-corrected chi connectivity index (χ3v) is 3.21. The first-order valence-electron chi connectivity index (χ1n) is 6.82. The van der Waals surface area contributed by atoms with E-state index in [1.54, 1.807) is 11.8 Å². The smallest absolute Gasteiger partial charge is 0.411 e. The van der Waals surface area contributed by atoms with E-state index in [1.807, 2.05) is 20.8 Å². The predicted octanol–water partition coefficient (Wildman–Crippen LogP) is 3.14. The molecule has 1 amide bonds. The molecule has 4 heteroatoms. The maximum Gasteiger partial charge on any atom is 0.411 e. The van der Waals surface area contributed by atoms with Crippen LogP contribution in [0.15, 0.2) is 0 Å². The van der Waals surface area contributed by atoms with Crippen molar-refractivity contribution in [2.45, 2.75) is 77.5 Å². The topological polar surface area (TPSA) is 46.6 Å². The van der Waals surface area contributed by atoms with Crippen LogP contribution in [0.1, 0.15) is 59.8 Å². The fraction of sp³-hybridized carbons (Fsp3) is 0.857. The van der Waals surface area contributed by atoms with Crippen molar-refractivity contribution in [3.8, 4) is 0 Å². The molecule has 1 aliphatic carbocycles. The van der Waals surface area contributed by atoms with Crippen LogP contribution in [0.3, 0.4) is 0 Å². The molecule has 0 spiro atoms. The predicted molar refractivity (Wildman–Crippen MR) is 70.5 cm³/mol. The van der Waals surface area contributed by atoms with Crippen molar-refractivity contribution < 1.29 is 14.3 Å². The van der Waals surface area contributed by atoms with Gasteiger partial charge in [-0.3, -0.25) is 4.90 Å². The van der Waals surface area contributed by atoms with Gasteiger partial charge in [-0.15, -0.1) is 0 Å². The quantitative estimate of drug-likeness (QED) is 0.728. The Labute approximate surface area is 110 Å². The summed E-state index contributed by atoms with van der Waals surface area (Å²) in [6, 6.07) is -0.267. The Morgan fingerprint density at radius 2 is 1.83 bits per heavy atom. The summed E-state index contributed by atoms with van der Waals surface area (Å²) in [5.41, 5.74) is -0.521. The molecule has 1 saturated carbocycles. The number of hydrogen-bond acceptors (Lipinski definition) is 3.